The van der Waals surface area contributed by atoms with Crippen molar-refractivity contribution in [3.05, 3.63) is 65.6 Å². The molecule has 0 spiro atoms. The Balaban J connectivity index is 1.88. The number of aromatic nitrogens is 1. The number of rotatable bonds is 3. The quantitative estimate of drug-likeness (QED) is 0.695. The van der Waals surface area contributed by atoms with Gasteiger partial charge in [0.25, 0.3) is 0 Å². The Hall–Kier alpha value is -2.29. The molecule has 0 saturated carbocycles. The summed E-state index contributed by atoms with van der Waals surface area (Å²) in [4.78, 5) is 0. The van der Waals surface area contributed by atoms with E-state index in [0.717, 1.165) is 22.4 Å². The lowest BCUT2D eigenvalue weighted by Gasteiger charge is -2.08. The molecule has 0 unspecified atom stereocenters. The van der Waals surface area contributed by atoms with E-state index in [1.807, 2.05) is 54.9 Å². The van der Waals surface area contributed by atoms with Gasteiger partial charge in [-0.15, -0.1) is 0 Å². The van der Waals surface area contributed by atoms with E-state index in [9.17, 15) is 4.39 Å². The van der Waals surface area contributed by atoms with Crippen molar-refractivity contribution < 1.29 is 9.13 Å². The number of halogens is 1. The van der Waals surface area contributed by atoms with Crippen molar-refractivity contribution in [1.82, 2.24) is 4.57 Å². The van der Waals surface area contributed by atoms with Crippen LogP contribution in [0.25, 0.3) is 10.9 Å². The number of para-hydroxylation sites is 1. The van der Waals surface area contributed by atoms with Crippen LogP contribution in [0.2, 0.25) is 0 Å². The molecule has 1 heterocycles. The number of fused-ring (bicyclic) bond motifs is 1. The fraction of sp³-hybridized carbons (Fsp3) is 0.176. The van der Waals surface area contributed by atoms with E-state index in [2.05, 4.69) is 0 Å². The van der Waals surface area contributed by atoms with Gasteiger partial charge in [0, 0.05) is 12.4 Å². The van der Waals surface area contributed by atoms with E-state index in [0.29, 0.717) is 12.1 Å². The monoisotopic (exact) mass is 269 g/mol. The third-order valence-corrected chi connectivity index (χ3v) is 3.48. The molecular weight excluding hydrogens is 253 g/mol. The summed E-state index contributed by atoms with van der Waals surface area (Å²) in [6.45, 7) is 2.45. The number of nitrogens with zero attached hydrogens (tertiary/aromatic N) is 1. The zero-order chi connectivity index (χ0) is 14.1. The topological polar surface area (TPSA) is 14.2 Å². The van der Waals surface area contributed by atoms with E-state index in [1.54, 1.807) is 6.07 Å². The third-order valence-electron chi connectivity index (χ3n) is 3.48. The zero-order valence-corrected chi connectivity index (χ0v) is 11.6. The van der Waals surface area contributed by atoms with Crippen LogP contribution in [-0.2, 0) is 13.7 Å². The van der Waals surface area contributed by atoms with E-state index in [-0.39, 0.29) is 5.82 Å². The molecular formula is C17H16FNO. The Morgan fingerprint density at radius 3 is 2.65 bits per heavy atom. The summed E-state index contributed by atoms with van der Waals surface area (Å²) in [5.74, 6) is 0.627. The zero-order valence-electron chi connectivity index (χ0n) is 11.6. The molecule has 0 aliphatic rings. The van der Waals surface area contributed by atoms with Gasteiger partial charge in [-0.25, -0.2) is 4.39 Å². The number of hydrogen-bond donors (Lipinski definition) is 0. The lowest BCUT2D eigenvalue weighted by atomic mass is 10.2. The van der Waals surface area contributed by atoms with Gasteiger partial charge >= 0.3 is 0 Å². The highest BCUT2D eigenvalue weighted by atomic mass is 19.1. The Bertz CT molecular complexity index is 761. The van der Waals surface area contributed by atoms with E-state index < -0.39 is 0 Å². The van der Waals surface area contributed by atoms with Crippen LogP contribution in [0.15, 0.2) is 48.5 Å². The number of benzene rings is 2. The average molecular weight is 269 g/mol. The predicted octanol–water partition coefficient (Wildman–Crippen LogP) is 4.20. The molecule has 0 bridgehead atoms. The van der Waals surface area contributed by atoms with Crippen LogP contribution in [0.4, 0.5) is 4.39 Å². The second kappa shape index (κ2) is 5.00. The molecule has 0 amide bonds. The molecule has 2 aromatic carbocycles. The van der Waals surface area contributed by atoms with Gasteiger partial charge in [-0.3, -0.25) is 0 Å². The summed E-state index contributed by atoms with van der Waals surface area (Å²) in [5.41, 5.74) is 2.73. The molecule has 0 aliphatic heterocycles. The van der Waals surface area contributed by atoms with Gasteiger partial charge in [-0.05, 0) is 36.8 Å². The normalized spacial score (nSPS) is 10.9. The highest BCUT2D eigenvalue weighted by molar-refractivity contribution is 5.81. The lowest BCUT2D eigenvalue weighted by molar-refractivity contribution is 0.297. The molecule has 20 heavy (non-hydrogen) atoms. The number of hydrogen-bond acceptors (Lipinski definition) is 1. The molecule has 0 aliphatic carbocycles. The highest BCUT2D eigenvalue weighted by Crippen LogP contribution is 2.23. The Morgan fingerprint density at radius 1 is 1.10 bits per heavy atom. The van der Waals surface area contributed by atoms with Crippen molar-refractivity contribution >= 4 is 10.9 Å². The van der Waals surface area contributed by atoms with E-state index >= 15 is 0 Å². The second-order valence-electron chi connectivity index (χ2n) is 4.98. The predicted molar refractivity (Wildman–Crippen MR) is 78.4 cm³/mol. The standard InChI is InChI=1S/C17H16FNO/c1-12-5-3-7-15(9-12)20-11-14-10-13-6-4-8-16(18)17(13)19(14)2/h3-10H,11H2,1-2H3. The van der Waals surface area contributed by atoms with Crippen LogP contribution in [0, 0.1) is 12.7 Å². The smallest absolute Gasteiger partial charge is 0.147 e. The van der Waals surface area contributed by atoms with Crippen molar-refractivity contribution in [2.24, 2.45) is 7.05 Å². The van der Waals surface area contributed by atoms with Crippen molar-refractivity contribution in [3.8, 4) is 5.75 Å². The third kappa shape index (κ3) is 2.27. The number of ether oxygens (including phenoxy) is 1. The van der Waals surface area contributed by atoms with Gasteiger partial charge < -0.3 is 9.30 Å². The Morgan fingerprint density at radius 2 is 1.90 bits per heavy atom. The first-order valence-electron chi connectivity index (χ1n) is 6.57. The van der Waals surface area contributed by atoms with Crippen LogP contribution in [0.3, 0.4) is 0 Å². The SMILES string of the molecule is Cc1cccc(OCc2cc3cccc(F)c3n2C)c1. The van der Waals surface area contributed by atoms with E-state index in [4.69, 9.17) is 4.74 Å². The van der Waals surface area contributed by atoms with Crippen LogP contribution < -0.4 is 4.74 Å². The largest absolute Gasteiger partial charge is 0.487 e. The molecule has 3 aromatic rings. The maximum atomic E-state index is 13.8. The molecule has 0 saturated heterocycles. The molecule has 0 fully saturated rings. The van der Waals surface area contributed by atoms with Crippen molar-refractivity contribution in [1.29, 1.82) is 0 Å². The molecule has 102 valence electrons. The summed E-state index contributed by atoms with van der Waals surface area (Å²) in [7, 11) is 1.86. The van der Waals surface area contributed by atoms with Gasteiger partial charge in [-0.2, -0.15) is 0 Å². The van der Waals surface area contributed by atoms with Crippen molar-refractivity contribution in [3.63, 3.8) is 0 Å². The summed E-state index contributed by atoms with van der Waals surface area (Å²) >= 11 is 0. The second-order valence-corrected chi connectivity index (χ2v) is 4.98. The van der Waals surface area contributed by atoms with Gasteiger partial charge in [-0.1, -0.05) is 24.3 Å². The van der Waals surface area contributed by atoms with Crippen LogP contribution >= 0.6 is 0 Å². The Kier molecular flexibility index (Phi) is 3.18. The van der Waals surface area contributed by atoms with Crippen molar-refractivity contribution in [2.75, 3.05) is 0 Å². The lowest BCUT2D eigenvalue weighted by Crippen LogP contribution is -2.02. The molecule has 3 heteroatoms. The maximum absolute atomic E-state index is 13.8. The van der Waals surface area contributed by atoms with Gasteiger partial charge in [0.15, 0.2) is 0 Å². The maximum Gasteiger partial charge on any atom is 0.147 e. The van der Waals surface area contributed by atoms with Gasteiger partial charge in [0.1, 0.15) is 18.2 Å². The molecule has 1 aromatic heterocycles. The minimum atomic E-state index is -0.202. The fourth-order valence-electron chi connectivity index (χ4n) is 2.42. The molecule has 0 radical (unpaired) electrons. The minimum absolute atomic E-state index is 0.202. The molecule has 2 nitrogen and oxygen atoms in total. The first kappa shape index (κ1) is 12.7. The average Bonchev–Trinajstić information content (AvgIpc) is 2.75. The number of aryl methyl sites for hydroxylation is 2. The first-order chi connectivity index (χ1) is 9.65. The molecule has 3 rings (SSSR count). The van der Waals surface area contributed by atoms with Crippen LogP contribution in [-0.4, -0.2) is 4.57 Å². The highest BCUT2D eigenvalue weighted by Gasteiger charge is 2.09. The summed E-state index contributed by atoms with van der Waals surface area (Å²) in [5, 5.41) is 0.898. The molecule has 0 N–H and O–H groups in total. The first-order valence-corrected chi connectivity index (χ1v) is 6.57. The fourth-order valence-corrected chi connectivity index (χ4v) is 2.42. The van der Waals surface area contributed by atoms with Crippen LogP contribution in [0.5, 0.6) is 5.75 Å². The minimum Gasteiger partial charge on any atom is -0.487 e. The van der Waals surface area contributed by atoms with Gasteiger partial charge in [0.05, 0.1) is 11.2 Å². The Labute approximate surface area is 117 Å². The molecule has 0 atom stereocenters. The van der Waals surface area contributed by atoms with E-state index in [1.165, 1.54) is 6.07 Å². The summed E-state index contributed by atoms with van der Waals surface area (Å²) in [6, 6.07) is 15.0. The summed E-state index contributed by atoms with van der Waals surface area (Å²) in [6.07, 6.45) is 0. The van der Waals surface area contributed by atoms with Crippen molar-refractivity contribution in [2.45, 2.75) is 13.5 Å². The summed E-state index contributed by atoms with van der Waals surface area (Å²) < 4.78 is 21.4. The van der Waals surface area contributed by atoms with Gasteiger partial charge in [0.2, 0.25) is 0 Å². The van der Waals surface area contributed by atoms with Crippen LogP contribution in [0.1, 0.15) is 11.3 Å².